The second kappa shape index (κ2) is 8.52. The van der Waals surface area contributed by atoms with Crippen molar-refractivity contribution in [2.45, 2.75) is 72.5 Å². The third kappa shape index (κ3) is 6.76. The fourth-order valence-electron chi connectivity index (χ4n) is 2.69. The first-order valence-corrected chi connectivity index (χ1v) is 8.49. The van der Waals surface area contributed by atoms with Crippen LogP contribution in [0, 0.1) is 11.3 Å². The van der Waals surface area contributed by atoms with Crippen LogP contribution in [-0.2, 0) is 14.3 Å². The van der Waals surface area contributed by atoms with Gasteiger partial charge in [0, 0.05) is 6.42 Å². The summed E-state index contributed by atoms with van der Waals surface area (Å²) in [4.78, 5) is 11.8. The molecule has 3 nitrogen and oxygen atoms in total. The molecule has 1 unspecified atom stereocenters. The van der Waals surface area contributed by atoms with Gasteiger partial charge in [-0.15, -0.1) is 5.73 Å². The van der Waals surface area contributed by atoms with E-state index in [0.717, 1.165) is 31.3 Å². The number of esters is 1. The van der Waals surface area contributed by atoms with Crippen molar-refractivity contribution in [3.63, 3.8) is 0 Å². The molecule has 0 spiro atoms. The molecule has 0 aliphatic carbocycles. The van der Waals surface area contributed by atoms with Gasteiger partial charge in [0.25, 0.3) is 0 Å². The van der Waals surface area contributed by atoms with Gasteiger partial charge < -0.3 is 9.47 Å². The minimum Gasteiger partial charge on any atom is -0.463 e. The van der Waals surface area contributed by atoms with Crippen LogP contribution in [0.1, 0.15) is 60.3 Å². The standard InChI is InChI=1S/C20H32O3/c1-8-14(2)11-15(3)9-10-18-16(4)12-17(23-18)13-22-19(21)20(5,6)7/h15,17-18H,1,4,9-13H2,2-3,5-7H3/t15-,17+,18?/m0/s1. The van der Waals surface area contributed by atoms with Crippen molar-refractivity contribution >= 4 is 5.97 Å². The molecule has 1 rings (SSSR count). The van der Waals surface area contributed by atoms with E-state index in [2.05, 4.69) is 32.7 Å². The second-order valence-electron chi connectivity index (χ2n) is 7.80. The van der Waals surface area contributed by atoms with Gasteiger partial charge in [-0.05, 0) is 64.0 Å². The molecule has 0 aromatic heterocycles. The van der Waals surface area contributed by atoms with Crippen LogP contribution in [0.5, 0.6) is 0 Å². The first-order valence-electron chi connectivity index (χ1n) is 8.49. The fourth-order valence-corrected chi connectivity index (χ4v) is 2.69. The molecule has 1 aliphatic heterocycles. The second-order valence-corrected chi connectivity index (χ2v) is 7.80. The molecule has 0 N–H and O–H groups in total. The van der Waals surface area contributed by atoms with E-state index in [9.17, 15) is 4.79 Å². The van der Waals surface area contributed by atoms with Crippen molar-refractivity contribution in [1.82, 2.24) is 0 Å². The number of hydrogen-bond donors (Lipinski definition) is 0. The molecule has 0 saturated carbocycles. The van der Waals surface area contributed by atoms with E-state index >= 15 is 0 Å². The van der Waals surface area contributed by atoms with Crippen LogP contribution >= 0.6 is 0 Å². The van der Waals surface area contributed by atoms with Crippen molar-refractivity contribution in [1.29, 1.82) is 0 Å². The summed E-state index contributed by atoms with van der Waals surface area (Å²) in [6.07, 6.45) is 3.88. The number of carbonyl (C=O) groups is 1. The summed E-state index contributed by atoms with van der Waals surface area (Å²) in [5.41, 5.74) is 4.80. The lowest BCUT2D eigenvalue weighted by atomic mass is 9.94. The Hall–Kier alpha value is -1.31. The summed E-state index contributed by atoms with van der Waals surface area (Å²) in [7, 11) is 0. The number of rotatable bonds is 7. The molecule has 0 aromatic rings. The Labute approximate surface area is 141 Å². The van der Waals surface area contributed by atoms with Gasteiger partial charge in [-0.25, -0.2) is 0 Å². The van der Waals surface area contributed by atoms with E-state index in [1.807, 2.05) is 20.8 Å². The van der Waals surface area contributed by atoms with E-state index in [0.29, 0.717) is 12.5 Å². The number of hydrogen-bond acceptors (Lipinski definition) is 3. The van der Waals surface area contributed by atoms with Crippen LogP contribution < -0.4 is 0 Å². The lowest BCUT2D eigenvalue weighted by molar-refractivity contribution is -0.156. The molecule has 3 atom stereocenters. The van der Waals surface area contributed by atoms with Gasteiger partial charge >= 0.3 is 5.97 Å². The Bertz CT molecular complexity index is 478. The highest BCUT2D eigenvalue weighted by molar-refractivity contribution is 5.75. The maximum Gasteiger partial charge on any atom is 0.311 e. The highest BCUT2D eigenvalue weighted by Gasteiger charge is 2.31. The normalized spacial score (nSPS) is 22.6. The van der Waals surface area contributed by atoms with E-state index in [1.54, 1.807) is 0 Å². The van der Waals surface area contributed by atoms with Gasteiger partial charge in [0.05, 0.1) is 17.6 Å². The SMILES string of the molecule is C=C=C(C)C[C@@H](C)CCC1O[C@@H](COC(=O)C(C)(C)C)CC1=C. The van der Waals surface area contributed by atoms with Crippen LogP contribution in [0.2, 0.25) is 0 Å². The maximum absolute atomic E-state index is 11.8. The summed E-state index contributed by atoms with van der Waals surface area (Å²) in [5.74, 6) is 0.397. The van der Waals surface area contributed by atoms with Gasteiger partial charge in [0.15, 0.2) is 0 Å². The zero-order valence-electron chi connectivity index (χ0n) is 15.4. The van der Waals surface area contributed by atoms with E-state index < -0.39 is 5.41 Å². The van der Waals surface area contributed by atoms with Crippen LogP contribution in [0.3, 0.4) is 0 Å². The molecule has 0 bridgehead atoms. The molecular weight excluding hydrogens is 288 g/mol. The highest BCUT2D eigenvalue weighted by atomic mass is 16.6. The lowest BCUT2D eigenvalue weighted by Crippen LogP contribution is -2.27. The minimum atomic E-state index is -0.471. The van der Waals surface area contributed by atoms with Gasteiger partial charge in [-0.1, -0.05) is 20.1 Å². The van der Waals surface area contributed by atoms with Crippen molar-refractivity contribution < 1.29 is 14.3 Å². The summed E-state index contributed by atoms with van der Waals surface area (Å²) in [6.45, 7) is 18.0. The Balaban J connectivity index is 2.36. The van der Waals surface area contributed by atoms with Gasteiger partial charge in [-0.2, -0.15) is 0 Å². The molecule has 1 aliphatic rings. The maximum atomic E-state index is 11.8. The Morgan fingerprint density at radius 3 is 2.70 bits per heavy atom. The average Bonchev–Trinajstić information content (AvgIpc) is 2.81. The van der Waals surface area contributed by atoms with Crippen LogP contribution in [0.4, 0.5) is 0 Å². The highest BCUT2D eigenvalue weighted by Crippen LogP contribution is 2.30. The van der Waals surface area contributed by atoms with Crippen LogP contribution in [0.15, 0.2) is 30.0 Å². The first kappa shape index (κ1) is 19.7. The topological polar surface area (TPSA) is 35.5 Å². The van der Waals surface area contributed by atoms with Crippen LogP contribution in [-0.4, -0.2) is 24.8 Å². The molecule has 130 valence electrons. The lowest BCUT2D eigenvalue weighted by Gasteiger charge is -2.19. The molecule has 3 heteroatoms. The predicted molar refractivity (Wildman–Crippen MR) is 94.2 cm³/mol. The molecular formula is C20H32O3. The van der Waals surface area contributed by atoms with E-state index in [1.165, 1.54) is 5.57 Å². The molecule has 1 fully saturated rings. The quantitative estimate of drug-likeness (QED) is 0.383. The molecule has 1 heterocycles. The van der Waals surface area contributed by atoms with Crippen molar-refractivity contribution in [3.8, 4) is 0 Å². The molecule has 0 amide bonds. The molecule has 1 saturated heterocycles. The van der Waals surface area contributed by atoms with Crippen LogP contribution in [0.25, 0.3) is 0 Å². The van der Waals surface area contributed by atoms with Gasteiger partial charge in [0.1, 0.15) is 6.61 Å². The average molecular weight is 320 g/mol. The number of carbonyl (C=O) groups excluding carboxylic acids is 1. The zero-order chi connectivity index (χ0) is 17.6. The summed E-state index contributed by atoms with van der Waals surface area (Å²) >= 11 is 0. The largest absolute Gasteiger partial charge is 0.463 e. The molecule has 0 radical (unpaired) electrons. The summed E-state index contributed by atoms with van der Waals surface area (Å²) in [6, 6.07) is 0. The fraction of sp³-hybridized carbons (Fsp3) is 0.700. The Morgan fingerprint density at radius 1 is 1.48 bits per heavy atom. The Kier molecular flexibility index (Phi) is 7.31. The first-order chi connectivity index (χ1) is 10.6. The third-order valence-electron chi connectivity index (χ3n) is 4.19. The minimum absolute atomic E-state index is 0.0519. The monoisotopic (exact) mass is 320 g/mol. The molecule has 0 aromatic carbocycles. The van der Waals surface area contributed by atoms with Gasteiger partial charge in [-0.3, -0.25) is 4.79 Å². The summed E-state index contributed by atoms with van der Waals surface area (Å²) < 4.78 is 11.4. The summed E-state index contributed by atoms with van der Waals surface area (Å²) in [5, 5.41) is 0. The zero-order valence-corrected chi connectivity index (χ0v) is 15.4. The third-order valence-corrected chi connectivity index (χ3v) is 4.19. The number of allylic oxidation sites excluding steroid dienone is 1. The van der Waals surface area contributed by atoms with E-state index in [-0.39, 0.29) is 18.2 Å². The number of ether oxygens (including phenoxy) is 2. The van der Waals surface area contributed by atoms with E-state index in [4.69, 9.17) is 9.47 Å². The molecule has 23 heavy (non-hydrogen) atoms. The smallest absolute Gasteiger partial charge is 0.311 e. The predicted octanol–water partition coefficient (Wildman–Crippen LogP) is 4.83. The van der Waals surface area contributed by atoms with Crippen molar-refractivity contribution in [2.24, 2.45) is 11.3 Å². The van der Waals surface area contributed by atoms with Gasteiger partial charge in [0.2, 0.25) is 0 Å². The van der Waals surface area contributed by atoms with Crippen molar-refractivity contribution in [3.05, 3.63) is 30.0 Å². The Morgan fingerprint density at radius 2 is 2.13 bits per heavy atom. The van der Waals surface area contributed by atoms with Crippen molar-refractivity contribution in [2.75, 3.05) is 6.61 Å².